The molecule has 0 bridgehead atoms. The van der Waals surface area contributed by atoms with E-state index >= 15 is 0 Å². The average Bonchev–Trinajstić information content (AvgIpc) is 2.07. The quantitative estimate of drug-likeness (QED) is 0.664. The molecule has 11 heavy (non-hydrogen) atoms. The summed E-state index contributed by atoms with van der Waals surface area (Å²) >= 11 is 2.18. The molecule has 0 saturated carbocycles. The number of anilines is 1. The van der Waals surface area contributed by atoms with Crippen molar-refractivity contribution in [1.29, 1.82) is 0 Å². The van der Waals surface area contributed by atoms with Crippen LogP contribution in [-0.2, 0) is 0 Å². The van der Waals surface area contributed by atoms with Crippen molar-refractivity contribution in [3.63, 3.8) is 0 Å². The molecule has 2 nitrogen and oxygen atoms in total. The Kier molecular flexibility index (Phi) is 3.65. The number of benzene rings is 1. The van der Waals surface area contributed by atoms with Gasteiger partial charge in [0.2, 0.25) is 0 Å². The molecule has 0 unspecified atom stereocenters. The van der Waals surface area contributed by atoms with Crippen LogP contribution in [0.25, 0.3) is 0 Å². The van der Waals surface area contributed by atoms with Crippen LogP contribution in [0.5, 0.6) is 0 Å². The van der Waals surface area contributed by atoms with Crippen molar-refractivity contribution in [2.45, 2.75) is 0 Å². The van der Waals surface area contributed by atoms with Gasteiger partial charge in [0.1, 0.15) is 0 Å². The summed E-state index contributed by atoms with van der Waals surface area (Å²) in [5.74, 6) is 0. The van der Waals surface area contributed by atoms with Gasteiger partial charge in [0.05, 0.1) is 36.0 Å². The molecule has 0 amide bonds. The third kappa shape index (κ3) is 2.67. The number of aliphatic hydroxyl groups is 1. The number of rotatable bonds is 3. The largest absolute Gasteiger partial charge is 0.395 e. The maximum atomic E-state index is 8.65. The highest BCUT2D eigenvalue weighted by Crippen LogP contribution is 2.16. The number of halogens is 1. The van der Waals surface area contributed by atoms with Gasteiger partial charge in [0, 0.05) is 5.69 Å². The monoisotopic (exact) mass is 263 g/mol. The molecule has 0 heterocycles. The summed E-state index contributed by atoms with van der Waals surface area (Å²) < 4.78 is 1.98. The molecule has 1 N–H and O–H groups in total. The summed E-state index contributed by atoms with van der Waals surface area (Å²) in [6, 6.07) is 9.98. The van der Waals surface area contributed by atoms with E-state index in [9.17, 15) is 0 Å². The van der Waals surface area contributed by atoms with Crippen LogP contribution in [0.3, 0.4) is 0 Å². The first-order valence-electron chi connectivity index (χ1n) is 3.44. The zero-order chi connectivity index (χ0) is 8.10. The van der Waals surface area contributed by atoms with E-state index in [0.717, 1.165) is 5.69 Å². The third-order valence-electron chi connectivity index (χ3n) is 1.33. The second-order valence-electron chi connectivity index (χ2n) is 2.14. The lowest BCUT2D eigenvalue weighted by Crippen LogP contribution is -2.13. The predicted octanol–water partition coefficient (Wildman–Crippen LogP) is 1.84. The van der Waals surface area contributed by atoms with Gasteiger partial charge in [-0.1, -0.05) is 18.2 Å². The lowest BCUT2D eigenvalue weighted by atomic mass is 10.3. The second-order valence-corrected chi connectivity index (χ2v) is 3.31. The first kappa shape index (κ1) is 8.80. The molecule has 0 aliphatic rings. The van der Waals surface area contributed by atoms with Crippen molar-refractivity contribution in [3.8, 4) is 0 Å². The summed E-state index contributed by atoms with van der Waals surface area (Å²) in [6.07, 6.45) is 0. The van der Waals surface area contributed by atoms with Crippen LogP contribution in [0, 0.1) is 0 Å². The van der Waals surface area contributed by atoms with Crippen LogP contribution in [-0.4, -0.2) is 18.3 Å². The lowest BCUT2D eigenvalue weighted by molar-refractivity contribution is 0.308. The number of hydrogen-bond donors (Lipinski definition) is 1. The summed E-state index contributed by atoms with van der Waals surface area (Å²) in [5, 5.41) is 8.65. The van der Waals surface area contributed by atoms with Crippen molar-refractivity contribution < 1.29 is 5.11 Å². The highest BCUT2D eigenvalue weighted by atomic mass is 127. The lowest BCUT2D eigenvalue weighted by Gasteiger charge is -2.14. The Bertz CT molecular complexity index is 203. The summed E-state index contributed by atoms with van der Waals surface area (Å²) in [6.45, 7) is 0.863. The summed E-state index contributed by atoms with van der Waals surface area (Å²) in [4.78, 5) is 0. The molecule has 0 saturated heterocycles. The van der Waals surface area contributed by atoms with Crippen molar-refractivity contribution in [1.82, 2.24) is 0 Å². The standard InChI is InChI=1S/C8H10INO/c9-10(6-7-11)8-4-2-1-3-5-8/h1-5,11H,6-7H2. The zero-order valence-electron chi connectivity index (χ0n) is 6.07. The fraction of sp³-hybridized carbons (Fsp3) is 0.250. The van der Waals surface area contributed by atoms with Crippen molar-refractivity contribution in [2.75, 3.05) is 16.3 Å². The van der Waals surface area contributed by atoms with Crippen LogP contribution in [0.4, 0.5) is 5.69 Å². The Morgan fingerprint density at radius 2 is 1.91 bits per heavy atom. The molecular weight excluding hydrogens is 253 g/mol. The van der Waals surface area contributed by atoms with Gasteiger partial charge in [-0.2, -0.15) is 0 Å². The first-order chi connectivity index (χ1) is 5.34. The van der Waals surface area contributed by atoms with Crippen molar-refractivity contribution in [3.05, 3.63) is 30.3 Å². The van der Waals surface area contributed by atoms with E-state index in [4.69, 9.17) is 5.11 Å². The minimum Gasteiger partial charge on any atom is -0.395 e. The maximum absolute atomic E-state index is 8.65. The van der Waals surface area contributed by atoms with Gasteiger partial charge < -0.3 is 8.22 Å². The Labute approximate surface area is 80.3 Å². The molecule has 0 aromatic heterocycles. The Morgan fingerprint density at radius 1 is 1.27 bits per heavy atom. The van der Waals surface area contributed by atoms with E-state index in [1.54, 1.807) is 0 Å². The second kappa shape index (κ2) is 4.56. The highest BCUT2D eigenvalue weighted by molar-refractivity contribution is 14.1. The van der Waals surface area contributed by atoms with Crippen LogP contribution in [0.2, 0.25) is 0 Å². The zero-order valence-corrected chi connectivity index (χ0v) is 8.23. The van der Waals surface area contributed by atoms with Gasteiger partial charge in [-0.25, -0.2) is 0 Å². The summed E-state index contributed by atoms with van der Waals surface area (Å²) in [7, 11) is 0. The smallest absolute Gasteiger partial charge is 0.0615 e. The SMILES string of the molecule is OCCN(I)c1ccccc1. The fourth-order valence-corrected chi connectivity index (χ4v) is 1.34. The molecule has 0 spiro atoms. The molecule has 0 aliphatic carbocycles. The molecule has 1 aromatic carbocycles. The average molecular weight is 263 g/mol. The number of nitrogens with zero attached hydrogens (tertiary/aromatic N) is 1. The Hall–Kier alpha value is -0.290. The molecule has 0 atom stereocenters. The molecule has 0 radical (unpaired) electrons. The van der Waals surface area contributed by atoms with Gasteiger partial charge in [0.15, 0.2) is 0 Å². The van der Waals surface area contributed by atoms with Crippen molar-refractivity contribution in [2.24, 2.45) is 0 Å². The van der Waals surface area contributed by atoms with E-state index in [-0.39, 0.29) is 6.61 Å². The normalized spacial score (nSPS) is 9.64. The van der Waals surface area contributed by atoms with E-state index in [1.807, 2.05) is 33.4 Å². The van der Waals surface area contributed by atoms with E-state index in [0.29, 0.717) is 6.54 Å². The molecule has 0 aliphatic heterocycles. The van der Waals surface area contributed by atoms with E-state index in [2.05, 4.69) is 22.9 Å². The molecule has 1 rings (SSSR count). The highest BCUT2D eigenvalue weighted by Gasteiger charge is 1.98. The number of para-hydroxylation sites is 1. The Morgan fingerprint density at radius 3 is 2.45 bits per heavy atom. The predicted molar refractivity (Wildman–Crippen MR) is 54.9 cm³/mol. The topological polar surface area (TPSA) is 23.5 Å². The molecule has 1 aromatic rings. The number of hydrogen-bond acceptors (Lipinski definition) is 2. The molecular formula is C8H10INO. The maximum Gasteiger partial charge on any atom is 0.0615 e. The minimum absolute atomic E-state index is 0.192. The summed E-state index contributed by atoms with van der Waals surface area (Å²) in [5.41, 5.74) is 1.13. The van der Waals surface area contributed by atoms with Gasteiger partial charge in [-0.15, -0.1) is 0 Å². The van der Waals surface area contributed by atoms with Crippen LogP contribution in [0.15, 0.2) is 30.3 Å². The first-order valence-corrected chi connectivity index (χ1v) is 4.40. The van der Waals surface area contributed by atoms with Crippen molar-refractivity contribution >= 4 is 28.6 Å². The molecule has 3 heteroatoms. The van der Waals surface area contributed by atoms with E-state index < -0.39 is 0 Å². The van der Waals surface area contributed by atoms with Gasteiger partial charge in [-0.05, 0) is 12.1 Å². The van der Waals surface area contributed by atoms with Crippen LogP contribution in [0.1, 0.15) is 0 Å². The van der Waals surface area contributed by atoms with Crippen LogP contribution >= 0.6 is 22.9 Å². The van der Waals surface area contributed by atoms with Gasteiger partial charge in [-0.3, -0.25) is 0 Å². The van der Waals surface area contributed by atoms with Gasteiger partial charge in [0.25, 0.3) is 0 Å². The van der Waals surface area contributed by atoms with Gasteiger partial charge >= 0.3 is 0 Å². The number of aliphatic hydroxyl groups excluding tert-OH is 1. The molecule has 0 fully saturated rings. The fourth-order valence-electron chi connectivity index (χ4n) is 0.807. The molecule has 60 valence electrons. The Balaban J connectivity index is 2.61. The van der Waals surface area contributed by atoms with E-state index in [1.165, 1.54) is 0 Å². The minimum atomic E-state index is 0.192. The van der Waals surface area contributed by atoms with Crippen LogP contribution < -0.4 is 3.11 Å². The third-order valence-corrected chi connectivity index (χ3v) is 2.37.